The lowest BCUT2D eigenvalue weighted by Crippen LogP contribution is -2.27. The average molecular weight is 315 g/mol. The quantitative estimate of drug-likeness (QED) is 0.792. The van der Waals surface area contributed by atoms with Gasteiger partial charge < -0.3 is 9.52 Å². The molecule has 2 aromatic rings. The first kappa shape index (κ1) is 16.1. The molecule has 0 bridgehead atoms. The Kier molecular flexibility index (Phi) is 4.71. The van der Waals surface area contributed by atoms with E-state index in [1.54, 1.807) is 12.1 Å². The summed E-state index contributed by atoms with van der Waals surface area (Å²) >= 11 is 0. The molecule has 0 atom stereocenters. The van der Waals surface area contributed by atoms with Crippen molar-refractivity contribution in [1.82, 2.24) is 4.90 Å². The predicted molar refractivity (Wildman–Crippen MR) is 91.8 cm³/mol. The van der Waals surface area contributed by atoms with Gasteiger partial charge in [0.15, 0.2) is 0 Å². The molecule has 1 fully saturated rings. The minimum Gasteiger partial charge on any atom is -0.508 e. The molecule has 0 spiro atoms. The molecule has 0 radical (unpaired) electrons. The van der Waals surface area contributed by atoms with Crippen LogP contribution in [0.1, 0.15) is 44.2 Å². The predicted octanol–water partition coefficient (Wildman–Crippen LogP) is 3.68. The van der Waals surface area contributed by atoms with Crippen LogP contribution in [0.15, 0.2) is 27.4 Å². The van der Waals surface area contributed by atoms with Crippen molar-refractivity contribution < 1.29 is 9.52 Å². The molecule has 1 saturated carbocycles. The number of phenols is 1. The third-order valence-corrected chi connectivity index (χ3v) is 4.56. The number of phenolic OH excluding ortho intramolecular Hbond substituents is 1. The van der Waals surface area contributed by atoms with Crippen molar-refractivity contribution in [1.29, 1.82) is 0 Å². The minimum absolute atomic E-state index is 0.198. The van der Waals surface area contributed by atoms with E-state index in [9.17, 15) is 9.90 Å². The molecular formula is C19H25NO3. The van der Waals surface area contributed by atoms with Gasteiger partial charge in [-0.05, 0) is 55.3 Å². The second kappa shape index (κ2) is 6.75. The third kappa shape index (κ3) is 3.75. The summed E-state index contributed by atoms with van der Waals surface area (Å²) in [7, 11) is 0. The Balaban J connectivity index is 1.98. The molecule has 1 heterocycles. The standard InChI is InChI=1S/C19H25NO3/c1-3-7-20(11-13-5-6-13)12-15-9-19(22)23-18-10-17(21)14(4-2)8-16(15)18/h8-10,13,21H,3-7,11-12H2,1-2H3. The number of benzene rings is 1. The van der Waals surface area contributed by atoms with E-state index in [1.807, 2.05) is 13.0 Å². The lowest BCUT2D eigenvalue weighted by atomic mass is 10.0. The van der Waals surface area contributed by atoms with Gasteiger partial charge in [0.25, 0.3) is 0 Å². The Labute approximate surface area is 136 Å². The van der Waals surface area contributed by atoms with Crippen LogP contribution in [0.5, 0.6) is 5.75 Å². The van der Waals surface area contributed by atoms with Crippen LogP contribution in [0, 0.1) is 5.92 Å². The number of nitrogens with zero attached hydrogens (tertiary/aromatic N) is 1. The number of rotatable bonds is 7. The van der Waals surface area contributed by atoms with Gasteiger partial charge >= 0.3 is 5.63 Å². The van der Waals surface area contributed by atoms with Crippen LogP contribution in [0.25, 0.3) is 11.0 Å². The van der Waals surface area contributed by atoms with Crippen LogP contribution in [0.3, 0.4) is 0 Å². The molecule has 23 heavy (non-hydrogen) atoms. The SMILES string of the molecule is CCCN(Cc1cc(=O)oc2cc(O)c(CC)cc12)CC1CC1. The first-order chi connectivity index (χ1) is 11.1. The summed E-state index contributed by atoms with van der Waals surface area (Å²) in [4.78, 5) is 14.3. The van der Waals surface area contributed by atoms with Crippen molar-refractivity contribution >= 4 is 11.0 Å². The molecule has 4 nitrogen and oxygen atoms in total. The van der Waals surface area contributed by atoms with Gasteiger partial charge in [0, 0.05) is 30.6 Å². The van der Waals surface area contributed by atoms with E-state index in [4.69, 9.17) is 4.42 Å². The van der Waals surface area contributed by atoms with Gasteiger partial charge in [-0.15, -0.1) is 0 Å². The molecule has 1 aliphatic rings. The zero-order valence-electron chi connectivity index (χ0n) is 14.0. The van der Waals surface area contributed by atoms with E-state index in [0.29, 0.717) is 5.58 Å². The summed E-state index contributed by atoms with van der Waals surface area (Å²) < 4.78 is 5.28. The minimum atomic E-state index is -0.348. The molecular weight excluding hydrogens is 290 g/mol. The number of hydrogen-bond donors (Lipinski definition) is 1. The first-order valence-electron chi connectivity index (χ1n) is 8.61. The maximum absolute atomic E-state index is 11.9. The lowest BCUT2D eigenvalue weighted by molar-refractivity contribution is 0.255. The van der Waals surface area contributed by atoms with Crippen LogP contribution in [-0.4, -0.2) is 23.1 Å². The smallest absolute Gasteiger partial charge is 0.336 e. The van der Waals surface area contributed by atoms with Crippen LogP contribution in [-0.2, 0) is 13.0 Å². The summed E-state index contributed by atoms with van der Waals surface area (Å²) in [6, 6.07) is 5.14. The second-order valence-electron chi connectivity index (χ2n) is 6.60. The zero-order chi connectivity index (χ0) is 16.4. The van der Waals surface area contributed by atoms with Crippen molar-refractivity contribution in [3.63, 3.8) is 0 Å². The van der Waals surface area contributed by atoms with Crippen molar-refractivity contribution in [2.24, 2.45) is 5.92 Å². The first-order valence-corrected chi connectivity index (χ1v) is 8.61. The fourth-order valence-corrected chi connectivity index (χ4v) is 3.18. The molecule has 0 saturated heterocycles. The van der Waals surface area contributed by atoms with Gasteiger partial charge in [0.2, 0.25) is 0 Å². The van der Waals surface area contributed by atoms with E-state index in [2.05, 4.69) is 11.8 Å². The molecule has 1 aliphatic carbocycles. The van der Waals surface area contributed by atoms with Gasteiger partial charge in [0.1, 0.15) is 11.3 Å². The normalized spacial score (nSPS) is 14.7. The number of aryl methyl sites for hydroxylation is 1. The van der Waals surface area contributed by atoms with E-state index in [1.165, 1.54) is 12.8 Å². The summed E-state index contributed by atoms with van der Waals surface area (Å²) in [6.07, 6.45) is 4.51. The highest BCUT2D eigenvalue weighted by atomic mass is 16.4. The number of fused-ring (bicyclic) bond motifs is 1. The largest absolute Gasteiger partial charge is 0.508 e. The summed E-state index contributed by atoms with van der Waals surface area (Å²) in [5.41, 5.74) is 2.01. The summed E-state index contributed by atoms with van der Waals surface area (Å²) in [5, 5.41) is 11.0. The maximum atomic E-state index is 11.9. The van der Waals surface area contributed by atoms with Crippen molar-refractivity contribution in [3.8, 4) is 5.75 Å². The molecule has 0 aliphatic heterocycles. The summed E-state index contributed by atoms with van der Waals surface area (Å²) in [5.74, 6) is 1.02. The molecule has 124 valence electrons. The van der Waals surface area contributed by atoms with Crippen LogP contribution in [0.4, 0.5) is 0 Å². The molecule has 0 unspecified atom stereocenters. The average Bonchev–Trinajstić information content (AvgIpc) is 3.30. The Bertz CT molecular complexity index is 746. The van der Waals surface area contributed by atoms with Gasteiger partial charge in [0.05, 0.1) is 0 Å². The molecule has 4 heteroatoms. The highest BCUT2D eigenvalue weighted by molar-refractivity contribution is 5.82. The van der Waals surface area contributed by atoms with Gasteiger partial charge in [-0.3, -0.25) is 4.90 Å². The van der Waals surface area contributed by atoms with Crippen LogP contribution in [0.2, 0.25) is 0 Å². The highest BCUT2D eigenvalue weighted by Crippen LogP contribution is 2.31. The van der Waals surface area contributed by atoms with Gasteiger partial charge in [-0.25, -0.2) is 4.79 Å². The Morgan fingerprint density at radius 2 is 2.00 bits per heavy atom. The van der Waals surface area contributed by atoms with Gasteiger partial charge in [-0.2, -0.15) is 0 Å². The van der Waals surface area contributed by atoms with E-state index < -0.39 is 0 Å². The third-order valence-electron chi connectivity index (χ3n) is 4.56. The number of hydrogen-bond acceptors (Lipinski definition) is 4. The van der Waals surface area contributed by atoms with Crippen molar-refractivity contribution in [2.75, 3.05) is 13.1 Å². The molecule has 1 N–H and O–H groups in total. The Morgan fingerprint density at radius 3 is 2.65 bits per heavy atom. The van der Waals surface area contributed by atoms with E-state index >= 15 is 0 Å². The van der Waals surface area contributed by atoms with E-state index in [0.717, 1.165) is 54.9 Å². The monoisotopic (exact) mass is 315 g/mol. The number of aromatic hydroxyl groups is 1. The van der Waals surface area contributed by atoms with Crippen molar-refractivity contribution in [2.45, 2.75) is 46.1 Å². The molecule has 1 aromatic heterocycles. The Hall–Kier alpha value is -1.81. The lowest BCUT2D eigenvalue weighted by Gasteiger charge is -2.22. The van der Waals surface area contributed by atoms with E-state index in [-0.39, 0.29) is 11.4 Å². The fourth-order valence-electron chi connectivity index (χ4n) is 3.18. The van der Waals surface area contributed by atoms with Gasteiger partial charge in [-0.1, -0.05) is 13.8 Å². The molecule has 0 amide bonds. The maximum Gasteiger partial charge on any atom is 0.336 e. The second-order valence-corrected chi connectivity index (χ2v) is 6.60. The molecule has 3 rings (SSSR count). The Morgan fingerprint density at radius 1 is 1.22 bits per heavy atom. The summed E-state index contributed by atoms with van der Waals surface area (Å²) in [6.45, 7) is 7.10. The van der Waals surface area contributed by atoms with Crippen LogP contribution < -0.4 is 5.63 Å². The topological polar surface area (TPSA) is 53.7 Å². The zero-order valence-corrected chi connectivity index (χ0v) is 14.0. The van der Waals surface area contributed by atoms with Crippen molar-refractivity contribution in [3.05, 3.63) is 39.7 Å². The highest BCUT2D eigenvalue weighted by Gasteiger charge is 2.24. The molecule has 1 aromatic carbocycles. The fraction of sp³-hybridized carbons (Fsp3) is 0.526. The van der Waals surface area contributed by atoms with Crippen LogP contribution >= 0.6 is 0 Å².